The second kappa shape index (κ2) is 8.35. The summed E-state index contributed by atoms with van der Waals surface area (Å²) in [6.45, 7) is 2.59. The third-order valence-corrected chi connectivity index (χ3v) is 5.33. The smallest absolute Gasteiger partial charge is 0.246 e. The van der Waals surface area contributed by atoms with Crippen LogP contribution in [0.1, 0.15) is 5.56 Å². The fourth-order valence-corrected chi connectivity index (χ4v) is 3.69. The Labute approximate surface area is 179 Å². The number of hydrogen-bond acceptors (Lipinski definition) is 6. The zero-order valence-electron chi connectivity index (χ0n) is 16.9. The maximum absolute atomic E-state index is 12.6. The molecule has 5 rings (SSSR count). The number of para-hydroxylation sites is 1. The molecule has 1 aliphatic rings. The summed E-state index contributed by atoms with van der Waals surface area (Å²) in [6.07, 6.45) is 5.03. The molecule has 154 valence electrons. The zero-order valence-corrected chi connectivity index (χ0v) is 16.9. The largest absolute Gasteiger partial charge is 0.351 e. The molecule has 0 saturated carbocycles. The van der Waals surface area contributed by atoms with Gasteiger partial charge in [-0.15, -0.1) is 5.10 Å². The molecule has 0 atom stereocenters. The fraction of sp³-hybridized carbons (Fsp3) is 0.174. The highest BCUT2D eigenvalue weighted by atomic mass is 16.2. The number of aromatic nitrogens is 5. The van der Waals surface area contributed by atoms with Gasteiger partial charge in [-0.2, -0.15) is 4.68 Å². The predicted molar refractivity (Wildman–Crippen MR) is 119 cm³/mol. The third-order valence-electron chi connectivity index (χ3n) is 5.33. The predicted octanol–water partition coefficient (Wildman–Crippen LogP) is 2.57. The monoisotopic (exact) mass is 411 g/mol. The minimum atomic E-state index is 0.0198. The van der Waals surface area contributed by atoms with Crippen molar-refractivity contribution in [2.75, 3.05) is 31.1 Å². The zero-order chi connectivity index (χ0) is 21.0. The number of piperazine rings is 1. The number of nitrogens with zero attached hydrogens (tertiary/aromatic N) is 7. The molecule has 0 spiro atoms. The van der Waals surface area contributed by atoms with Crippen LogP contribution in [0.5, 0.6) is 0 Å². The molecule has 2 aromatic heterocycles. The lowest BCUT2D eigenvalue weighted by Gasteiger charge is -2.34. The van der Waals surface area contributed by atoms with E-state index >= 15 is 0 Å². The average molecular weight is 411 g/mol. The molecule has 0 aliphatic carbocycles. The van der Waals surface area contributed by atoms with E-state index in [0.29, 0.717) is 37.3 Å². The van der Waals surface area contributed by atoms with E-state index in [4.69, 9.17) is 0 Å². The molecule has 0 bridgehead atoms. The molecule has 2 aromatic carbocycles. The molecule has 1 amide bonds. The van der Waals surface area contributed by atoms with Crippen molar-refractivity contribution in [3.63, 3.8) is 0 Å². The van der Waals surface area contributed by atoms with Crippen LogP contribution in [0.15, 0.2) is 73.1 Å². The first-order valence-corrected chi connectivity index (χ1v) is 10.2. The van der Waals surface area contributed by atoms with Crippen molar-refractivity contribution in [3.05, 3.63) is 78.6 Å². The van der Waals surface area contributed by atoms with Gasteiger partial charge in [0.2, 0.25) is 5.91 Å². The molecule has 0 unspecified atom stereocenters. The first-order valence-electron chi connectivity index (χ1n) is 10.2. The van der Waals surface area contributed by atoms with Crippen LogP contribution in [-0.4, -0.2) is 61.9 Å². The Balaban J connectivity index is 1.30. The van der Waals surface area contributed by atoms with Crippen LogP contribution in [0.4, 0.5) is 5.82 Å². The van der Waals surface area contributed by atoms with Crippen molar-refractivity contribution in [3.8, 4) is 5.69 Å². The van der Waals surface area contributed by atoms with Gasteiger partial charge in [0, 0.05) is 32.3 Å². The molecule has 0 N–H and O–H groups in total. The van der Waals surface area contributed by atoms with Crippen LogP contribution in [0.25, 0.3) is 22.9 Å². The van der Waals surface area contributed by atoms with Crippen LogP contribution >= 0.6 is 0 Å². The van der Waals surface area contributed by atoms with E-state index in [1.165, 1.54) is 0 Å². The molecule has 3 heterocycles. The number of benzene rings is 2. The molecule has 4 aromatic rings. The maximum atomic E-state index is 12.6. The van der Waals surface area contributed by atoms with Crippen LogP contribution in [0.3, 0.4) is 0 Å². The van der Waals surface area contributed by atoms with Gasteiger partial charge in [0.15, 0.2) is 17.0 Å². The normalized spacial score (nSPS) is 14.5. The van der Waals surface area contributed by atoms with Crippen molar-refractivity contribution < 1.29 is 4.79 Å². The first-order chi connectivity index (χ1) is 15.3. The van der Waals surface area contributed by atoms with Crippen LogP contribution in [0.2, 0.25) is 0 Å². The van der Waals surface area contributed by atoms with Gasteiger partial charge in [0.05, 0.1) is 5.69 Å². The maximum Gasteiger partial charge on any atom is 0.246 e. The molecule has 0 radical (unpaired) electrons. The van der Waals surface area contributed by atoms with E-state index in [-0.39, 0.29) is 5.91 Å². The van der Waals surface area contributed by atoms with Gasteiger partial charge in [-0.05, 0) is 23.8 Å². The van der Waals surface area contributed by atoms with E-state index in [0.717, 1.165) is 17.1 Å². The molecular weight excluding hydrogens is 390 g/mol. The SMILES string of the molecule is O=C(/C=C\c1ccccc1)N1CCN(c2ncnc3c2nnn3-c2ccccc2)CC1. The van der Waals surface area contributed by atoms with E-state index in [1.807, 2.05) is 71.6 Å². The molecule has 8 heteroatoms. The summed E-state index contributed by atoms with van der Waals surface area (Å²) in [7, 11) is 0. The van der Waals surface area contributed by atoms with Crippen molar-refractivity contribution in [2.45, 2.75) is 0 Å². The van der Waals surface area contributed by atoms with E-state index in [1.54, 1.807) is 17.1 Å². The van der Waals surface area contributed by atoms with Crippen LogP contribution in [-0.2, 0) is 4.79 Å². The number of amides is 1. The van der Waals surface area contributed by atoms with E-state index in [9.17, 15) is 4.79 Å². The summed E-state index contributed by atoms with van der Waals surface area (Å²) in [6, 6.07) is 19.6. The lowest BCUT2D eigenvalue weighted by Crippen LogP contribution is -2.48. The lowest BCUT2D eigenvalue weighted by molar-refractivity contribution is -0.126. The quantitative estimate of drug-likeness (QED) is 0.480. The standard InChI is InChI=1S/C23H21N7O/c31-20(12-11-18-7-3-1-4-8-18)28-13-15-29(16-14-28)22-21-23(25-17-24-22)30(27-26-21)19-9-5-2-6-10-19/h1-12,17H,13-16H2/b12-11-. The van der Waals surface area contributed by atoms with Crippen molar-refractivity contribution >= 4 is 29.0 Å². The number of carbonyl (C=O) groups is 1. The molecule has 8 nitrogen and oxygen atoms in total. The number of anilines is 1. The van der Waals surface area contributed by atoms with Gasteiger partial charge < -0.3 is 9.80 Å². The average Bonchev–Trinajstić information content (AvgIpc) is 3.28. The highest BCUT2D eigenvalue weighted by Crippen LogP contribution is 2.23. The molecular formula is C23H21N7O. The van der Waals surface area contributed by atoms with Crippen molar-refractivity contribution in [1.82, 2.24) is 29.9 Å². The topological polar surface area (TPSA) is 80.0 Å². The van der Waals surface area contributed by atoms with Crippen molar-refractivity contribution in [2.24, 2.45) is 0 Å². The summed E-state index contributed by atoms with van der Waals surface area (Å²) in [4.78, 5) is 25.4. The first kappa shape index (κ1) is 18.9. The fourth-order valence-electron chi connectivity index (χ4n) is 3.69. The minimum absolute atomic E-state index is 0.0198. The Morgan fingerprint density at radius 2 is 1.58 bits per heavy atom. The second-order valence-electron chi connectivity index (χ2n) is 7.26. The number of rotatable bonds is 4. The Bertz CT molecular complexity index is 1210. The van der Waals surface area contributed by atoms with Gasteiger partial charge in [0.25, 0.3) is 0 Å². The highest BCUT2D eigenvalue weighted by molar-refractivity contribution is 5.92. The number of carbonyl (C=O) groups excluding carboxylic acids is 1. The van der Waals surface area contributed by atoms with Gasteiger partial charge in [-0.25, -0.2) is 9.97 Å². The molecule has 1 fully saturated rings. The second-order valence-corrected chi connectivity index (χ2v) is 7.26. The Kier molecular flexibility index (Phi) is 5.10. The van der Waals surface area contributed by atoms with Gasteiger partial charge in [0.1, 0.15) is 6.33 Å². The van der Waals surface area contributed by atoms with Gasteiger partial charge in [-0.1, -0.05) is 53.7 Å². The van der Waals surface area contributed by atoms with Crippen LogP contribution in [0, 0.1) is 0 Å². The molecule has 1 aliphatic heterocycles. The summed E-state index contributed by atoms with van der Waals surface area (Å²) < 4.78 is 1.72. The number of fused-ring (bicyclic) bond motifs is 1. The summed E-state index contributed by atoms with van der Waals surface area (Å²) in [5, 5.41) is 8.62. The Morgan fingerprint density at radius 1 is 0.871 bits per heavy atom. The molecule has 31 heavy (non-hydrogen) atoms. The van der Waals surface area contributed by atoms with E-state index in [2.05, 4.69) is 25.2 Å². The van der Waals surface area contributed by atoms with Gasteiger partial charge in [-0.3, -0.25) is 4.79 Å². The van der Waals surface area contributed by atoms with Gasteiger partial charge >= 0.3 is 0 Å². The highest BCUT2D eigenvalue weighted by Gasteiger charge is 2.24. The Hall–Kier alpha value is -4.07. The molecule has 1 saturated heterocycles. The lowest BCUT2D eigenvalue weighted by atomic mass is 10.2. The minimum Gasteiger partial charge on any atom is -0.351 e. The van der Waals surface area contributed by atoms with Crippen molar-refractivity contribution in [1.29, 1.82) is 0 Å². The number of hydrogen-bond donors (Lipinski definition) is 0. The van der Waals surface area contributed by atoms with Crippen LogP contribution < -0.4 is 4.90 Å². The Morgan fingerprint density at radius 3 is 2.32 bits per heavy atom. The third kappa shape index (κ3) is 3.87. The summed E-state index contributed by atoms with van der Waals surface area (Å²) >= 11 is 0. The van der Waals surface area contributed by atoms with E-state index < -0.39 is 0 Å². The summed E-state index contributed by atoms with van der Waals surface area (Å²) in [5.74, 6) is 0.769. The summed E-state index contributed by atoms with van der Waals surface area (Å²) in [5.41, 5.74) is 3.24.